The Hall–Kier alpha value is -1.27. The molecule has 0 saturated carbocycles. The molecule has 2 amide bonds. The number of hydrogen-bond donors (Lipinski definition) is 1. The van der Waals surface area contributed by atoms with Gasteiger partial charge in [0, 0.05) is 62.2 Å². The third-order valence-electron chi connectivity index (χ3n) is 4.89. The first-order valence-corrected chi connectivity index (χ1v) is 9.66. The van der Waals surface area contributed by atoms with Crippen LogP contribution in [0.2, 0.25) is 0 Å². The molecule has 2 aliphatic rings. The average molecular weight is 334 g/mol. The molecule has 0 spiro atoms. The lowest BCUT2D eigenvalue weighted by Crippen LogP contribution is -2.51. The van der Waals surface area contributed by atoms with E-state index in [1.54, 1.807) is 0 Å². The van der Waals surface area contributed by atoms with Crippen molar-refractivity contribution >= 4 is 17.8 Å². The summed E-state index contributed by atoms with van der Waals surface area (Å²) in [6.07, 6.45) is 5.78. The Bertz CT molecular complexity index is 499. The number of carbonyl (C=O) groups excluding carboxylic acids is 1. The number of thioether (sulfide) groups is 1. The van der Waals surface area contributed by atoms with Crippen molar-refractivity contribution in [2.75, 3.05) is 37.7 Å². The molecule has 23 heavy (non-hydrogen) atoms. The van der Waals surface area contributed by atoms with Gasteiger partial charge < -0.3 is 10.2 Å². The molecule has 0 radical (unpaired) electrons. The van der Waals surface area contributed by atoms with Gasteiger partial charge in [0.1, 0.15) is 0 Å². The molecule has 3 rings (SSSR count). The van der Waals surface area contributed by atoms with Gasteiger partial charge in [0.05, 0.1) is 0 Å². The van der Waals surface area contributed by atoms with Gasteiger partial charge in [0.15, 0.2) is 0 Å². The second-order valence-electron chi connectivity index (χ2n) is 6.32. The second-order valence-corrected chi connectivity index (χ2v) is 7.54. The lowest BCUT2D eigenvalue weighted by Gasteiger charge is -2.37. The van der Waals surface area contributed by atoms with E-state index in [-0.39, 0.29) is 6.03 Å². The van der Waals surface area contributed by atoms with E-state index in [1.807, 2.05) is 29.1 Å². The molecule has 0 aromatic carbocycles. The summed E-state index contributed by atoms with van der Waals surface area (Å²) in [5.41, 5.74) is 1.31. The van der Waals surface area contributed by atoms with Crippen LogP contribution in [0, 0.1) is 0 Å². The minimum absolute atomic E-state index is 0.130. The number of aromatic nitrogens is 1. The maximum absolute atomic E-state index is 12.3. The van der Waals surface area contributed by atoms with Crippen molar-refractivity contribution in [1.29, 1.82) is 0 Å². The predicted octanol–water partition coefficient (Wildman–Crippen LogP) is 2.37. The summed E-state index contributed by atoms with van der Waals surface area (Å²) in [5.74, 6) is 2.13. The minimum Gasteiger partial charge on any atom is -0.335 e. The van der Waals surface area contributed by atoms with E-state index in [0.29, 0.717) is 12.1 Å². The van der Waals surface area contributed by atoms with Gasteiger partial charge in [-0.2, -0.15) is 11.8 Å². The first kappa shape index (κ1) is 16.6. The summed E-state index contributed by atoms with van der Waals surface area (Å²) in [5, 5.41) is 3.23. The van der Waals surface area contributed by atoms with Gasteiger partial charge in [0.25, 0.3) is 0 Å². The molecule has 3 heterocycles. The number of amides is 2. The summed E-state index contributed by atoms with van der Waals surface area (Å²) in [7, 11) is 0. The lowest BCUT2D eigenvalue weighted by molar-refractivity contribution is 0.146. The van der Waals surface area contributed by atoms with Crippen LogP contribution >= 0.6 is 11.8 Å². The van der Waals surface area contributed by atoms with E-state index in [1.165, 1.54) is 5.56 Å². The topological polar surface area (TPSA) is 48.5 Å². The number of likely N-dealkylation sites (tertiary alicyclic amines) is 1. The molecular formula is C17H26N4OS. The number of carbonyl (C=O) groups is 1. The summed E-state index contributed by atoms with van der Waals surface area (Å²) in [4.78, 5) is 20.8. The highest BCUT2D eigenvalue weighted by molar-refractivity contribution is 7.99. The summed E-state index contributed by atoms with van der Waals surface area (Å²) in [6, 6.07) is 5.04. The molecule has 126 valence electrons. The minimum atomic E-state index is 0.130. The monoisotopic (exact) mass is 334 g/mol. The maximum atomic E-state index is 12.3. The number of pyridine rings is 1. The quantitative estimate of drug-likeness (QED) is 0.922. The first-order chi connectivity index (χ1) is 11.2. The largest absolute Gasteiger partial charge is 0.335 e. The summed E-state index contributed by atoms with van der Waals surface area (Å²) >= 11 is 1.93. The molecule has 2 fully saturated rings. The van der Waals surface area contributed by atoms with E-state index in [0.717, 1.165) is 50.5 Å². The molecule has 6 heteroatoms. The molecule has 1 aromatic rings. The smallest absolute Gasteiger partial charge is 0.317 e. The maximum Gasteiger partial charge on any atom is 0.317 e. The van der Waals surface area contributed by atoms with Crippen LogP contribution in [-0.2, 0) is 0 Å². The predicted molar refractivity (Wildman–Crippen MR) is 94.7 cm³/mol. The first-order valence-electron chi connectivity index (χ1n) is 8.51. The number of urea groups is 1. The molecule has 1 N–H and O–H groups in total. The number of hydrogen-bond acceptors (Lipinski definition) is 4. The highest BCUT2D eigenvalue weighted by Gasteiger charge is 2.26. The Morgan fingerprint density at radius 2 is 1.87 bits per heavy atom. The fourth-order valence-electron chi connectivity index (χ4n) is 3.32. The van der Waals surface area contributed by atoms with Crippen LogP contribution in [0.15, 0.2) is 24.5 Å². The van der Waals surface area contributed by atoms with Crippen LogP contribution in [0.3, 0.4) is 0 Å². The van der Waals surface area contributed by atoms with E-state index < -0.39 is 0 Å². The van der Waals surface area contributed by atoms with Crippen LogP contribution in [0.5, 0.6) is 0 Å². The van der Waals surface area contributed by atoms with E-state index >= 15 is 0 Å². The Labute approximate surface area is 142 Å². The van der Waals surface area contributed by atoms with Gasteiger partial charge >= 0.3 is 6.03 Å². The van der Waals surface area contributed by atoms with Crippen LogP contribution in [-0.4, -0.2) is 64.5 Å². The van der Waals surface area contributed by atoms with Gasteiger partial charge in [-0.05, 0) is 37.5 Å². The Balaban J connectivity index is 1.45. The second kappa shape index (κ2) is 8.02. The molecule has 1 unspecified atom stereocenters. The van der Waals surface area contributed by atoms with E-state index in [9.17, 15) is 4.79 Å². The van der Waals surface area contributed by atoms with Gasteiger partial charge in [0.2, 0.25) is 0 Å². The SMILES string of the molecule is CC(c1ccncc1)N1CCC(NC(=O)N2CCSCC2)CC1. The zero-order valence-electron chi connectivity index (χ0n) is 13.8. The molecule has 1 atom stereocenters. The van der Waals surface area contributed by atoms with Gasteiger partial charge in [-0.15, -0.1) is 0 Å². The average Bonchev–Trinajstić information content (AvgIpc) is 2.63. The van der Waals surface area contributed by atoms with Crippen LogP contribution in [0.4, 0.5) is 4.79 Å². The van der Waals surface area contributed by atoms with Crippen LogP contribution in [0.25, 0.3) is 0 Å². The molecule has 1 aromatic heterocycles. The Kier molecular flexibility index (Phi) is 5.78. The highest BCUT2D eigenvalue weighted by atomic mass is 32.2. The van der Waals surface area contributed by atoms with Crippen molar-refractivity contribution in [3.8, 4) is 0 Å². The number of nitrogens with zero attached hydrogens (tertiary/aromatic N) is 3. The summed E-state index contributed by atoms with van der Waals surface area (Å²) in [6.45, 7) is 6.08. The van der Waals surface area contributed by atoms with Crippen molar-refractivity contribution in [2.45, 2.75) is 31.8 Å². The Morgan fingerprint density at radius 1 is 1.22 bits per heavy atom. The van der Waals surface area contributed by atoms with Crippen molar-refractivity contribution in [3.05, 3.63) is 30.1 Å². The third-order valence-corrected chi connectivity index (χ3v) is 5.83. The molecule has 2 saturated heterocycles. The summed E-state index contributed by atoms with van der Waals surface area (Å²) < 4.78 is 0. The molecule has 0 bridgehead atoms. The van der Waals surface area contributed by atoms with Crippen molar-refractivity contribution < 1.29 is 4.79 Å². The van der Waals surface area contributed by atoms with Crippen LogP contribution in [0.1, 0.15) is 31.4 Å². The van der Waals surface area contributed by atoms with Crippen molar-refractivity contribution in [1.82, 2.24) is 20.1 Å². The van der Waals surface area contributed by atoms with E-state index in [2.05, 4.69) is 34.3 Å². The third kappa shape index (κ3) is 4.38. The van der Waals surface area contributed by atoms with Crippen LogP contribution < -0.4 is 5.32 Å². The zero-order chi connectivity index (χ0) is 16.1. The number of piperidine rings is 1. The fourth-order valence-corrected chi connectivity index (χ4v) is 4.22. The molecular weight excluding hydrogens is 308 g/mol. The van der Waals surface area contributed by atoms with Gasteiger partial charge in [-0.1, -0.05) is 0 Å². The highest BCUT2D eigenvalue weighted by Crippen LogP contribution is 2.23. The van der Waals surface area contributed by atoms with Crippen molar-refractivity contribution in [3.63, 3.8) is 0 Å². The molecule has 0 aliphatic carbocycles. The van der Waals surface area contributed by atoms with Crippen molar-refractivity contribution in [2.24, 2.45) is 0 Å². The molecule has 2 aliphatic heterocycles. The fraction of sp³-hybridized carbons (Fsp3) is 0.647. The lowest BCUT2D eigenvalue weighted by atomic mass is 10.0. The standard InChI is InChI=1S/C17H26N4OS/c1-14(15-2-6-18-7-3-15)20-8-4-16(5-9-20)19-17(22)21-10-12-23-13-11-21/h2-3,6-7,14,16H,4-5,8-13H2,1H3,(H,19,22). The van der Waals surface area contributed by atoms with Gasteiger partial charge in [-0.3, -0.25) is 9.88 Å². The number of nitrogens with one attached hydrogen (secondary N) is 1. The Morgan fingerprint density at radius 3 is 2.52 bits per heavy atom. The van der Waals surface area contributed by atoms with E-state index in [4.69, 9.17) is 0 Å². The number of rotatable bonds is 3. The van der Waals surface area contributed by atoms with Gasteiger partial charge in [-0.25, -0.2) is 4.79 Å². The normalized spacial score (nSPS) is 21.9. The zero-order valence-corrected chi connectivity index (χ0v) is 14.6. The molecule has 5 nitrogen and oxygen atoms in total.